The number of aryl methyl sites for hydroxylation is 1. The lowest BCUT2D eigenvalue weighted by Crippen LogP contribution is -2.44. The first-order valence-corrected chi connectivity index (χ1v) is 12.5. The van der Waals surface area contributed by atoms with Crippen LogP contribution < -0.4 is 16.0 Å². The van der Waals surface area contributed by atoms with Crippen LogP contribution in [-0.4, -0.2) is 34.2 Å². The zero-order chi connectivity index (χ0) is 24.5. The van der Waals surface area contributed by atoms with E-state index in [1.54, 1.807) is 19.9 Å². The lowest BCUT2D eigenvalue weighted by atomic mass is 9.81. The summed E-state index contributed by atoms with van der Waals surface area (Å²) in [6.45, 7) is 3.26. The van der Waals surface area contributed by atoms with Crippen LogP contribution in [0.5, 0.6) is 0 Å². The smallest absolute Gasteiger partial charge is 0.331 e. The Labute approximate surface area is 193 Å². The van der Waals surface area contributed by atoms with Crippen molar-refractivity contribution < 1.29 is 21.7 Å². The second-order valence-corrected chi connectivity index (χ2v) is 11.4. The summed E-state index contributed by atoms with van der Waals surface area (Å²) in [7, 11) is -3.90. The van der Waals surface area contributed by atoms with Crippen molar-refractivity contribution >= 4 is 20.9 Å². The van der Waals surface area contributed by atoms with Crippen molar-refractivity contribution in [3.8, 4) is 0 Å². The number of sulfonamides is 1. The molecule has 182 valence electrons. The SMILES string of the molecule is Cc1cc(Cn2c(=O)c3cc(S(=O)(=O)NC4(C)CC4)ccc3n(CC3CC(F)(F)C3)c2=O)on1. The van der Waals surface area contributed by atoms with Crippen LogP contribution in [0.1, 0.15) is 44.1 Å². The molecule has 2 aromatic heterocycles. The molecule has 0 unspecified atom stereocenters. The summed E-state index contributed by atoms with van der Waals surface area (Å²) in [4.78, 5) is 26.5. The highest BCUT2D eigenvalue weighted by Crippen LogP contribution is 2.43. The molecule has 9 nitrogen and oxygen atoms in total. The van der Waals surface area contributed by atoms with E-state index < -0.39 is 38.7 Å². The highest BCUT2D eigenvalue weighted by atomic mass is 32.2. The van der Waals surface area contributed by atoms with Gasteiger partial charge in [0.05, 0.1) is 28.0 Å². The zero-order valence-corrected chi connectivity index (χ0v) is 19.5. The molecular weight excluding hydrogens is 470 g/mol. The fourth-order valence-electron chi connectivity index (χ4n) is 4.38. The quantitative estimate of drug-likeness (QED) is 0.539. The van der Waals surface area contributed by atoms with Crippen molar-refractivity contribution in [1.82, 2.24) is 19.0 Å². The van der Waals surface area contributed by atoms with E-state index in [-0.39, 0.29) is 47.5 Å². The maximum absolute atomic E-state index is 13.4. The molecule has 12 heteroatoms. The third-order valence-corrected chi connectivity index (χ3v) is 8.13. The van der Waals surface area contributed by atoms with Crippen LogP contribution in [0, 0.1) is 12.8 Å². The minimum Gasteiger partial charge on any atom is -0.359 e. The molecule has 1 aromatic carbocycles. The maximum Gasteiger partial charge on any atom is 0.331 e. The number of halogens is 2. The Morgan fingerprint density at radius 1 is 1.18 bits per heavy atom. The first kappa shape index (κ1) is 22.9. The molecule has 0 bridgehead atoms. The summed E-state index contributed by atoms with van der Waals surface area (Å²) in [5.41, 5.74) is -1.12. The first-order valence-electron chi connectivity index (χ1n) is 11.0. The maximum atomic E-state index is 13.4. The molecule has 0 saturated heterocycles. The summed E-state index contributed by atoms with van der Waals surface area (Å²) in [5.74, 6) is -2.93. The van der Waals surface area contributed by atoms with Gasteiger partial charge in [-0.2, -0.15) is 0 Å². The van der Waals surface area contributed by atoms with Crippen LogP contribution in [0.4, 0.5) is 8.78 Å². The van der Waals surface area contributed by atoms with Gasteiger partial charge in [0.25, 0.3) is 5.56 Å². The Balaban J connectivity index is 1.64. The predicted octanol–water partition coefficient (Wildman–Crippen LogP) is 2.38. The molecule has 34 heavy (non-hydrogen) atoms. The van der Waals surface area contributed by atoms with Gasteiger partial charge in [-0.1, -0.05) is 5.16 Å². The number of nitrogens with one attached hydrogen (secondary N) is 1. The third-order valence-electron chi connectivity index (χ3n) is 6.49. The first-order chi connectivity index (χ1) is 15.9. The summed E-state index contributed by atoms with van der Waals surface area (Å²) < 4.78 is 62.6. The molecule has 5 rings (SSSR count). The van der Waals surface area contributed by atoms with Gasteiger partial charge in [-0.05, 0) is 50.8 Å². The Morgan fingerprint density at radius 3 is 2.47 bits per heavy atom. The van der Waals surface area contributed by atoms with Gasteiger partial charge in [-0.15, -0.1) is 0 Å². The Morgan fingerprint density at radius 2 is 1.88 bits per heavy atom. The van der Waals surface area contributed by atoms with Crippen LogP contribution in [0.2, 0.25) is 0 Å². The van der Waals surface area contributed by atoms with Crippen molar-refractivity contribution in [3.05, 3.63) is 56.6 Å². The van der Waals surface area contributed by atoms with Gasteiger partial charge in [-0.3, -0.25) is 13.9 Å². The van der Waals surface area contributed by atoms with Crippen LogP contribution >= 0.6 is 0 Å². The Bertz CT molecular complexity index is 1510. The standard InChI is InChI=1S/C22H24F2N4O5S/c1-13-7-15(33-25-13)12-28-19(29)17-8-16(34(31,32)26-21(2)5-6-21)3-4-18(17)27(20(28)30)11-14-9-22(23,24)10-14/h3-4,7-8,14,26H,5-6,9-12H2,1-2H3. The fourth-order valence-corrected chi connectivity index (χ4v) is 5.87. The average Bonchev–Trinajstić information content (AvgIpc) is 3.30. The van der Waals surface area contributed by atoms with Gasteiger partial charge in [0, 0.05) is 31.0 Å². The monoisotopic (exact) mass is 494 g/mol. The van der Waals surface area contributed by atoms with E-state index in [1.165, 1.54) is 22.8 Å². The minimum absolute atomic E-state index is 0.00532. The van der Waals surface area contributed by atoms with Gasteiger partial charge >= 0.3 is 5.69 Å². The number of benzene rings is 1. The van der Waals surface area contributed by atoms with E-state index >= 15 is 0 Å². The molecule has 2 aliphatic carbocycles. The number of hydrogen-bond acceptors (Lipinski definition) is 6. The van der Waals surface area contributed by atoms with Gasteiger partial charge in [-0.25, -0.2) is 26.7 Å². The van der Waals surface area contributed by atoms with Gasteiger partial charge in [0.1, 0.15) is 0 Å². The molecule has 2 fully saturated rings. The number of aromatic nitrogens is 3. The Kier molecular flexibility index (Phi) is 5.10. The van der Waals surface area contributed by atoms with Crippen LogP contribution in [0.3, 0.4) is 0 Å². The van der Waals surface area contributed by atoms with E-state index in [0.717, 1.165) is 17.4 Å². The minimum atomic E-state index is -3.90. The molecular formula is C22H24F2N4O5S. The van der Waals surface area contributed by atoms with Crippen molar-refractivity contribution in [2.45, 2.75) is 69.0 Å². The normalized spacial score (nSPS) is 19.3. The number of nitrogens with zero attached hydrogens (tertiary/aromatic N) is 3. The molecule has 0 amide bonds. The highest BCUT2D eigenvalue weighted by Gasteiger charge is 2.45. The van der Waals surface area contributed by atoms with Crippen LogP contribution in [0.25, 0.3) is 10.9 Å². The Hall–Kier alpha value is -2.86. The molecule has 0 radical (unpaired) electrons. The molecule has 3 aromatic rings. The topological polar surface area (TPSA) is 116 Å². The molecule has 1 N–H and O–H groups in total. The second-order valence-electron chi connectivity index (χ2n) is 9.69. The predicted molar refractivity (Wildman–Crippen MR) is 118 cm³/mol. The summed E-state index contributed by atoms with van der Waals surface area (Å²) in [6, 6.07) is 5.53. The molecule has 2 aliphatic rings. The van der Waals surface area contributed by atoms with Gasteiger partial charge in [0.2, 0.25) is 15.9 Å². The summed E-state index contributed by atoms with van der Waals surface area (Å²) in [5, 5.41) is 3.77. The number of fused-ring (bicyclic) bond motifs is 1. The van der Waals surface area contributed by atoms with E-state index in [2.05, 4.69) is 9.88 Å². The van der Waals surface area contributed by atoms with Crippen LogP contribution in [-0.2, 0) is 23.1 Å². The van der Waals surface area contributed by atoms with Crippen molar-refractivity contribution in [2.75, 3.05) is 0 Å². The lowest BCUT2D eigenvalue weighted by Gasteiger charge is -2.35. The molecule has 2 heterocycles. The average molecular weight is 495 g/mol. The molecule has 0 aliphatic heterocycles. The van der Waals surface area contributed by atoms with Gasteiger partial charge < -0.3 is 4.52 Å². The van der Waals surface area contributed by atoms with Gasteiger partial charge in [0.15, 0.2) is 5.76 Å². The fraction of sp³-hybridized carbons (Fsp3) is 0.500. The second kappa shape index (κ2) is 7.57. The number of hydrogen-bond donors (Lipinski definition) is 1. The van der Waals surface area contributed by atoms with Crippen molar-refractivity contribution in [3.63, 3.8) is 0 Å². The van der Waals surface area contributed by atoms with Crippen molar-refractivity contribution in [1.29, 1.82) is 0 Å². The molecule has 2 saturated carbocycles. The van der Waals surface area contributed by atoms with E-state index in [9.17, 15) is 26.8 Å². The molecule has 0 spiro atoms. The van der Waals surface area contributed by atoms with E-state index in [1.807, 2.05) is 0 Å². The molecule has 0 atom stereocenters. The van der Waals surface area contributed by atoms with Crippen molar-refractivity contribution in [2.24, 2.45) is 5.92 Å². The zero-order valence-electron chi connectivity index (χ0n) is 18.7. The largest absolute Gasteiger partial charge is 0.359 e. The van der Waals surface area contributed by atoms with E-state index in [0.29, 0.717) is 5.69 Å². The highest BCUT2D eigenvalue weighted by molar-refractivity contribution is 7.89. The van der Waals surface area contributed by atoms with Crippen LogP contribution in [0.15, 0.2) is 43.3 Å². The summed E-state index contributed by atoms with van der Waals surface area (Å²) >= 11 is 0. The summed E-state index contributed by atoms with van der Waals surface area (Å²) in [6.07, 6.45) is 0.732. The number of rotatable bonds is 7. The lowest BCUT2D eigenvalue weighted by molar-refractivity contribution is -0.114. The van der Waals surface area contributed by atoms with E-state index in [4.69, 9.17) is 4.52 Å². The number of alkyl halides is 2. The third kappa shape index (κ3) is 4.20.